The largest absolute Gasteiger partial charge is 0.493 e. The molecule has 5 heteroatoms. The number of nitrogens with one attached hydrogen (secondary N) is 1. The smallest absolute Gasteiger partial charge is 0.251 e. The fraction of sp³-hybridized carbons (Fsp3) is 0.611. The Labute approximate surface area is 136 Å². The second kappa shape index (κ2) is 6.49. The van der Waals surface area contributed by atoms with Gasteiger partial charge in [0.2, 0.25) is 0 Å². The molecule has 1 aromatic rings. The van der Waals surface area contributed by atoms with Crippen LogP contribution in [0.5, 0.6) is 5.75 Å². The highest BCUT2D eigenvalue weighted by atomic mass is 16.5. The first-order valence-electron chi connectivity index (χ1n) is 8.70. The van der Waals surface area contributed by atoms with Gasteiger partial charge in [-0.1, -0.05) is 0 Å². The molecule has 0 saturated carbocycles. The van der Waals surface area contributed by atoms with Gasteiger partial charge in [0.15, 0.2) is 0 Å². The minimum absolute atomic E-state index is 0.00179. The quantitative estimate of drug-likeness (QED) is 0.920. The van der Waals surface area contributed by atoms with Gasteiger partial charge in [0, 0.05) is 5.56 Å². The van der Waals surface area contributed by atoms with E-state index in [2.05, 4.69) is 10.2 Å². The van der Waals surface area contributed by atoms with E-state index in [0.717, 1.165) is 56.0 Å². The Balaban J connectivity index is 1.44. The van der Waals surface area contributed by atoms with E-state index in [4.69, 9.17) is 9.47 Å². The second-order valence-corrected chi connectivity index (χ2v) is 6.70. The topological polar surface area (TPSA) is 50.8 Å². The van der Waals surface area contributed by atoms with Crippen LogP contribution in [0.25, 0.3) is 0 Å². The molecule has 3 heterocycles. The number of hydrogen-bond donors (Lipinski definition) is 1. The van der Waals surface area contributed by atoms with E-state index in [0.29, 0.717) is 12.6 Å². The fourth-order valence-electron chi connectivity index (χ4n) is 3.87. The summed E-state index contributed by atoms with van der Waals surface area (Å²) in [5, 5.41) is 3.18. The molecular formula is C18H24N2O3. The SMILES string of the molecule is O=C(N[C@H]1COC[C@@H]1N1CCCC1)c1ccc2c(c1)CCCO2. The molecule has 2 fully saturated rings. The summed E-state index contributed by atoms with van der Waals surface area (Å²) < 4.78 is 11.3. The van der Waals surface area contributed by atoms with Crippen LogP contribution in [-0.2, 0) is 11.2 Å². The molecule has 0 aliphatic carbocycles. The van der Waals surface area contributed by atoms with Crippen molar-refractivity contribution in [3.05, 3.63) is 29.3 Å². The molecule has 0 spiro atoms. The summed E-state index contributed by atoms with van der Waals surface area (Å²) >= 11 is 0. The van der Waals surface area contributed by atoms with Gasteiger partial charge < -0.3 is 14.8 Å². The molecule has 2 atom stereocenters. The van der Waals surface area contributed by atoms with E-state index in [-0.39, 0.29) is 11.9 Å². The Kier molecular flexibility index (Phi) is 4.23. The van der Waals surface area contributed by atoms with E-state index in [1.807, 2.05) is 18.2 Å². The van der Waals surface area contributed by atoms with Gasteiger partial charge in [0.05, 0.1) is 31.9 Å². The highest BCUT2D eigenvalue weighted by Gasteiger charge is 2.35. The van der Waals surface area contributed by atoms with Gasteiger partial charge in [-0.05, 0) is 62.5 Å². The van der Waals surface area contributed by atoms with Crippen LogP contribution in [0.15, 0.2) is 18.2 Å². The number of fused-ring (bicyclic) bond motifs is 1. The lowest BCUT2D eigenvalue weighted by atomic mass is 10.0. The van der Waals surface area contributed by atoms with Crippen LogP contribution in [0, 0.1) is 0 Å². The summed E-state index contributed by atoms with van der Waals surface area (Å²) in [4.78, 5) is 15.1. The van der Waals surface area contributed by atoms with Crippen molar-refractivity contribution in [2.45, 2.75) is 37.8 Å². The van der Waals surface area contributed by atoms with E-state index < -0.39 is 0 Å². The first kappa shape index (κ1) is 15.0. The molecule has 1 amide bonds. The van der Waals surface area contributed by atoms with E-state index in [1.165, 1.54) is 12.8 Å². The van der Waals surface area contributed by atoms with Crippen molar-refractivity contribution in [2.75, 3.05) is 32.9 Å². The van der Waals surface area contributed by atoms with Crippen molar-refractivity contribution in [1.82, 2.24) is 10.2 Å². The van der Waals surface area contributed by atoms with Crippen LogP contribution in [0.1, 0.15) is 35.2 Å². The highest BCUT2D eigenvalue weighted by molar-refractivity contribution is 5.94. The number of likely N-dealkylation sites (tertiary alicyclic amines) is 1. The summed E-state index contributed by atoms with van der Waals surface area (Å²) in [6.07, 6.45) is 4.51. The van der Waals surface area contributed by atoms with Crippen molar-refractivity contribution in [3.63, 3.8) is 0 Å². The van der Waals surface area contributed by atoms with Gasteiger partial charge in [-0.3, -0.25) is 9.69 Å². The van der Waals surface area contributed by atoms with E-state index in [9.17, 15) is 4.79 Å². The van der Waals surface area contributed by atoms with Gasteiger partial charge in [0.1, 0.15) is 5.75 Å². The Hall–Kier alpha value is -1.59. The molecule has 0 aromatic heterocycles. The van der Waals surface area contributed by atoms with Gasteiger partial charge >= 0.3 is 0 Å². The summed E-state index contributed by atoms with van der Waals surface area (Å²) in [6.45, 7) is 4.35. The average molecular weight is 316 g/mol. The molecule has 2 saturated heterocycles. The minimum atomic E-state index is -0.00179. The number of ether oxygens (including phenoxy) is 2. The lowest BCUT2D eigenvalue weighted by Gasteiger charge is -2.28. The van der Waals surface area contributed by atoms with E-state index in [1.54, 1.807) is 0 Å². The van der Waals surface area contributed by atoms with Crippen LogP contribution in [0.3, 0.4) is 0 Å². The Bertz CT molecular complexity index is 584. The van der Waals surface area contributed by atoms with Crippen molar-refractivity contribution in [3.8, 4) is 5.75 Å². The molecular weight excluding hydrogens is 292 g/mol. The van der Waals surface area contributed by atoms with Gasteiger partial charge in [-0.15, -0.1) is 0 Å². The second-order valence-electron chi connectivity index (χ2n) is 6.70. The summed E-state index contributed by atoms with van der Waals surface area (Å²) in [5.41, 5.74) is 1.86. The normalized spacial score (nSPS) is 27.5. The zero-order chi connectivity index (χ0) is 15.6. The van der Waals surface area contributed by atoms with Crippen LogP contribution < -0.4 is 10.1 Å². The predicted molar refractivity (Wildman–Crippen MR) is 86.9 cm³/mol. The van der Waals surface area contributed by atoms with Crippen molar-refractivity contribution < 1.29 is 14.3 Å². The number of nitrogens with zero attached hydrogens (tertiary/aromatic N) is 1. The van der Waals surface area contributed by atoms with Crippen molar-refractivity contribution in [1.29, 1.82) is 0 Å². The van der Waals surface area contributed by atoms with Gasteiger partial charge in [0.25, 0.3) is 5.91 Å². The number of benzene rings is 1. The molecule has 5 nitrogen and oxygen atoms in total. The standard InChI is InChI=1S/C18H24N2O3/c21-18(14-5-6-17-13(10-14)4-3-9-23-17)19-15-11-22-12-16(15)20-7-1-2-8-20/h5-6,10,15-16H,1-4,7-9,11-12H2,(H,19,21)/t15-,16-/m0/s1. The zero-order valence-electron chi connectivity index (χ0n) is 13.4. The molecule has 1 N–H and O–H groups in total. The molecule has 4 rings (SSSR count). The molecule has 0 bridgehead atoms. The Morgan fingerprint density at radius 1 is 1.17 bits per heavy atom. The third-order valence-corrected chi connectivity index (χ3v) is 5.15. The first-order valence-corrected chi connectivity index (χ1v) is 8.70. The van der Waals surface area contributed by atoms with Crippen LogP contribution >= 0.6 is 0 Å². The number of amides is 1. The average Bonchev–Trinajstić information content (AvgIpc) is 3.25. The molecule has 3 aliphatic heterocycles. The lowest BCUT2D eigenvalue weighted by Crippen LogP contribution is -2.50. The van der Waals surface area contributed by atoms with Crippen LogP contribution in [-0.4, -0.2) is 55.8 Å². The molecule has 23 heavy (non-hydrogen) atoms. The lowest BCUT2D eigenvalue weighted by molar-refractivity contribution is 0.0916. The summed E-state index contributed by atoms with van der Waals surface area (Å²) in [5.74, 6) is 0.921. The number of hydrogen-bond acceptors (Lipinski definition) is 4. The summed E-state index contributed by atoms with van der Waals surface area (Å²) in [7, 11) is 0. The predicted octanol–water partition coefficient (Wildman–Crippen LogP) is 1.60. The molecule has 0 unspecified atom stereocenters. The highest BCUT2D eigenvalue weighted by Crippen LogP contribution is 2.26. The van der Waals surface area contributed by atoms with E-state index >= 15 is 0 Å². The Morgan fingerprint density at radius 2 is 2.04 bits per heavy atom. The number of carbonyl (C=O) groups excluding carboxylic acids is 1. The third-order valence-electron chi connectivity index (χ3n) is 5.15. The van der Waals surface area contributed by atoms with Crippen molar-refractivity contribution in [2.24, 2.45) is 0 Å². The number of aryl methyl sites for hydroxylation is 1. The van der Waals surface area contributed by atoms with Crippen LogP contribution in [0.4, 0.5) is 0 Å². The molecule has 0 radical (unpaired) electrons. The molecule has 3 aliphatic rings. The maximum atomic E-state index is 12.6. The summed E-state index contributed by atoms with van der Waals surface area (Å²) in [6, 6.07) is 6.17. The number of carbonyl (C=O) groups is 1. The minimum Gasteiger partial charge on any atom is -0.493 e. The molecule has 1 aromatic carbocycles. The monoisotopic (exact) mass is 316 g/mol. The number of rotatable bonds is 3. The maximum Gasteiger partial charge on any atom is 0.251 e. The molecule has 124 valence electrons. The van der Waals surface area contributed by atoms with Gasteiger partial charge in [-0.2, -0.15) is 0 Å². The zero-order valence-corrected chi connectivity index (χ0v) is 13.4. The Morgan fingerprint density at radius 3 is 2.91 bits per heavy atom. The third kappa shape index (κ3) is 3.08. The first-order chi connectivity index (χ1) is 11.3. The van der Waals surface area contributed by atoms with Crippen molar-refractivity contribution >= 4 is 5.91 Å². The van der Waals surface area contributed by atoms with Gasteiger partial charge in [-0.25, -0.2) is 0 Å². The maximum absolute atomic E-state index is 12.6. The van der Waals surface area contributed by atoms with Crippen LogP contribution in [0.2, 0.25) is 0 Å². The fourth-order valence-corrected chi connectivity index (χ4v) is 3.87.